The fourth-order valence-corrected chi connectivity index (χ4v) is 7.97. The van der Waals surface area contributed by atoms with Crippen LogP contribution in [0.1, 0.15) is 6.85 Å². The second-order valence-electron chi connectivity index (χ2n) is 13.4. The molecule has 9 aromatic carbocycles. The van der Waals surface area contributed by atoms with E-state index in [1.54, 1.807) is 6.07 Å². The molecule has 0 amide bonds. The standard InChI is InChI=1S/C50H31N3/c1-3-12-32(13-4-1)37-25-27-45-43(29-37)49(39-24-26-41-38(28-39)23-22-34-16-9-10-19-40(34)41)52-50(51-45)53-46-21-11-20-42(33-14-5-2-6-15-33)48(46)44-30-35-17-7-8-18-36(35)31-47(44)53/h1-31H/i1D,3D,4D,12D,13D. The molecule has 3 heteroatoms. The maximum atomic E-state index is 8.77. The highest BCUT2D eigenvalue weighted by atomic mass is 15.2. The van der Waals surface area contributed by atoms with Crippen LogP contribution in [0.5, 0.6) is 0 Å². The van der Waals surface area contributed by atoms with Gasteiger partial charge in [0, 0.05) is 21.7 Å². The van der Waals surface area contributed by atoms with Gasteiger partial charge in [-0.15, -0.1) is 0 Å². The Bertz CT molecular complexity index is 3490. The molecule has 0 fully saturated rings. The van der Waals surface area contributed by atoms with E-state index in [1.807, 2.05) is 24.3 Å². The van der Waals surface area contributed by atoms with Crippen LogP contribution in [-0.2, 0) is 0 Å². The third kappa shape index (κ3) is 4.75. The molecule has 0 radical (unpaired) electrons. The average Bonchev–Trinajstić information content (AvgIpc) is 3.59. The third-order valence-electron chi connectivity index (χ3n) is 10.4. The Kier molecular flexibility index (Phi) is 5.52. The van der Waals surface area contributed by atoms with Crippen LogP contribution < -0.4 is 0 Å². The number of benzene rings is 9. The van der Waals surface area contributed by atoms with Gasteiger partial charge in [-0.1, -0.05) is 152 Å². The molecule has 3 nitrogen and oxygen atoms in total. The highest BCUT2D eigenvalue weighted by Gasteiger charge is 2.21. The molecule has 0 spiro atoms. The van der Waals surface area contributed by atoms with Crippen LogP contribution in [0.25, 0.3) is 104 Å². The van der Waals surface area contributed by atoms with Gasteiger partial charge in [-0.3, -0.25) is 4.57 Å². The second-order valence-corrected chi connectivity index (χ2v) is 13.4. The van der Waals surface area contributed by atoms with Gasteiger partial charge in [0.05, 0.1) is 29.1 Å². The van der Waals surface area contributed by atoms with E-state index >= 15 is 0 Å². The highest BCUT2D eigenvalue weighted by molar-refractivity contribution is 6.18. The molecule has 0 unspecified atom stereocenters. The molecule has 0 bridgehead atoms. The summed E-state index contributed by atoms with van der Waals surface area (Å²) < 4.78 is 44.6. The molecular formula is C50H31N3. The normalized spacial score (nSPS) is 13.1. The van der Waals surface area contributed by atoms with Crippen molar-refractivity contribution in [2.75, 3.05) is 0 Å². The lowest BCUT2D eigenvalue weighted by molar-refractivity contribution is 1.01. The zero-order valence-corrected chi connectivity index (χ0v) is 28.4. The lowest BCUT2D eigenvalue weighted by Gasteiger charge is -2.14. The van der Waals surface area contributed by atoms with Crippen molar-refractivity contribution in [3.63, 3.8) is 0 Å². The van der Waals surface area contributed by atoms with E-state index < -0.39 is 6.04 Å². The van der Waals surface area contributed by atoms with E-state index in [1.165, 1.54) is 0 Å². The Morgan fingerprint density at radius 3 is 2.02 bits per heavy atom. The van der Waals surface area contributed by atoms with Crippen molar-refractivity contribution in [3.05, 3.63) is 188 Å². The summed E-state index contributed by atoms with van der Waals surface area (Å²) in [6.07, 6.45) is 0. The maximum Gasteiger partial charge on any atom is 0.235 e. The van der Waals surface area contributed by atoms with Gasteiger partial charge in [-0.05, 0) is 91.0 Å². The Hall–Kier alpha value is -7.10. The average molecular weight is 679 g/mol. The summed E-state index contributed by atoms with van der Waals surface area (Å²) in [5, 5.41) is 9.65. The van der Waals surface area contributed by atoms with Crippen LogP contribution in [0, 0.1) is 0 Å². The van der Waals surface area contributed by atoms with E-state index in [-0.39, 0.29) is 29.7 Å². The molecule has 0 atom stereocenters. The van der Waals surface area contributed by atoms with Crippen molar-refractivity contribution >= 4 is 65.0 Å². The lowest BCUT2D eigenvalue weighted by atomic mass is 9.97. The first-order valence-corrected chi connectivity index (χ1v) is 17.7. The first-order valence-electron chi connectivity index (χ1n) is 20.2. The molecule has 0 aliphatic carbocycles. The molecule has 53 heavy (non-hydrogen) atoms. The van der Waals surface area contributed by atoms with Crippen molar-refractivity contribution < 1.29 is 6.85 Å². The number of fused-ring (bicyclic) bond motifs is 8. The number of hydrogen-bond acceptors (Lipinski definition) is 2. The quantitative estimate of drug-likeness (QED) is 0.173. The Balaban J connectivity index is 1.24. The summed E-state index contributed by atoms with van der Waals surface area (Å²) >= 11 is 0. The topological polar surface area (TPSA) is 30.7 Å². The number of hydrogen-bond donors (Lipinski definition) is 0. The Labute approximate surface area is 313 Å². The first-order chi connectivity index (χ1) is 28.3. The monoisotopic (exact) mass is 678 g/mol. The van der Waals surface area contributed by atoms with Crippen molar-refractivity contribution in [1.29, 1.82) is 0 Å². The van der Waals surface area contributed by atoms with Crippen LogP contribution in [0.2, 0.25) is 0 Å². The van der Waals surface area contributed by atoms with Crippen molar-refractivity contribution in [1.82, 2.24) is 14.5 Å². The van der Waals surface area contributed by atoms with E-state index in [9.17, 15) is 0 Å². The molecule has 2 aromatic heterocycles. The SMILES string of the molecule is [2H]c1c([2H])c([2H])c(-c2ccc3nc(-n4c5cc6ccccc6cc5c5c(-c6ccccc6)cccc54)nc(-c4ccc5c(ccc6ccccc65)c4)c3c2)c([2H])c1[2H]. The summed E-state index contributed by atoms with van der Waals surface area (Å²) in [5.74, 6) is 0.497. The van der Waals surface area contributed by atoms with Gasteiger partial charge < -0.3 is 0 Å². The van der Waals surface area contributed by atoms with E-state index in [0.29, 0.717) is 28.1 Å². The largest absolute Gasteiger partial charge is 0.278 e. The molecule has 11 aromatic rings. The van der Waals surface area contributed by atoms with E-state index in [0.717, 1.165) is 70.8 Å². The lowest BCUT2D eigenvalue weighted by Crippen LogP contribution is -2.03. The van der Waals surface area contributed by atoms with Crippen LogP contribution >= 0.6 is 0 Å². The Morgan fingerprint density at radius 1 is 0.415 bits per heavy atom. The second kappa shape index (κ2) is 11.7. The minimum atomic E-state index is -0.425. The van der Waals surface area contributed by atoms with Gasteiger partial charge in [-0.25, -0.2) is 9.97 Å². The fourth-order valence-electron chi connectivity index (χ4n) is 7.97. The van der Waals surface area contributed by atoms with Gasteiger partial charge in [0.2, 0.25) is 5.95 Å². The molecular weight excluding hydrogens is 643 g/mol. The Morgan fingerprint density at radius 2 is 1.15 bits per heavy atom. The number of aromatic nitrogens is 3. The van der Waals surface area contributed by atoms with Crippen molar-refractivity contribution in [3.8, 4) is 39.5 Å². The zero-order valence-electron chi connectivity index (χ0n) is 33.4. The smallest absolute Gasteiger partial charge is 0.235 e. The van der Waals surface area contributed by atoms with Crippen LogP contribution in [0.15, 0.2) is 188 Å². The molecule has 0 aliphatic heterocycles. The van der Waals surface area contributed by atoms with Crippen LogP contribution in [0.3, 0.4) is 0 Å². The molecule has 0 saturated heterocycles. The first kappa shape index (κ1) is 25.0. The van der Waals surface area contributed by atoms with E-state index in [4.69, 9.17) is 16.8 Å². The zero-order chi connectivity index (χ0) is 39.2. The van der Waals surface area contributed by atoms with Gasteiger partial charge in [0.15, 0.2) is 0 Å². The third-order valence-corrected chi connectivity index (χ3v) is 10.4. The summed E-state index contributed by atoms with van der Waals surface area (Å²) in [6, 6.07) is 52.5. The van der Waals surface area contributed by atoms with Crippen LogP contribution in [-0.4, -0.2) is 14.5 Å². The maximum absolute atomic E-state index is 8.77. The summed E-state index contributed by atoms with van der Waals surface area (Å²) in [6.45, 7) is 0. The molecule has 2 heterocycles. The summed E-state index contributed by atoms with van der Waals surface area (Å²) in [5.41, 5.74) is 6.99. The van der Waals surface area contributed by atoms with Gasteiger partial charge >= 0.3 is 0 Å². The van der Waals surface area contributed by atoms with Gasteiger partial charge in [-0.2, -0.15) is 0 Å². The highest BCUT2D eigenvalue weighted by Crippen LogP contribution is 2.41. The number of rotatable bonds is 4. The molecule has 246 valence electrons. The van der Waals surface area contributed by atoms with Gasteiger partial charge in [0.25, 0.3) is 0 Å². The van der Waals surface area contributed by atoms with Crippen LogP contribution in [0.4, 0.5) is 0 Å². The molecule has 11 rings (SSSR count). The minimum Gasteiger partial charge on any atom is -0.278 e. The molecule has 0 saturated carbocycles. The predicted molar refractivity (Wildman–Crippen MR) is 223 cm³/mol. The summed E-state index contributed by atoms with van der Waals surface area (Å²) in [4.78, 5) is 10.7. The number of nitrogens with zero attached hydrogens (tertiary/aromatic N) is 3. The van der Waals surface area contributed by atoms with Gasteiger partial charge in [0.1, 0.15) is 0 Å². The van der Waals surface area contributed by atoms with E-state index in [2.05, 4.69) is 132 Å². The summed E-state index contributed by atoms with van der Waals surface area (Å²) in [7, 11) is 0. The molecule has 0 aliphatic rings. The predicted octanol–water partition coefficient (Wildman–Crippen LogP) is 13.2. The van der Waals surface area contributed by atoms with Crippen molar-refractivity contribution in [2.45, 2.75) is 0 Å². The van der Waals surface area contributed by atoms with Crippen molar-refractivity contribution in [2.24, 2.45) is 0 Å². The molecule has 0 N–H and O–H groups in total. The minimum absolute atomic E-state index is 0.135. The fraction of sp³-hybridized carbons (Fsp3) is 0.